The lowest BCUT2D eigenvalue weighted by Crippen LogP contribution is -2.61. The molecule has 0 spiro atoms. The minimum absolute atomic E-state index is 0.0120. The van der Waals surface area contributed by atoms with Crippen LogP contribution in [0.15, 0.2) is 53.0 Å². The molecule has 2 aromatic rings. The van der Waals surface area contributed by atoms with Crippen LogP contribution in [-0.4, -0.2) is 56.5 Å². The molecule has 0 saturated carbocycles. The molecule has 0 N–H and O–H groups in total. The van der Waals surface area contributed by atoms with Crippen molar-refractivity contribution in [3.8, 4) is 5.75 Å². The number of nitrogens with zero attached hydrogens (tertiary/aromatic N) is 2. The predicted octanol–water partition coefficient (Wildman–Crippen LogP) is 2.47. The van der Waals surface area contributed by atoms with E-state index in [-0.39, 0.29) is 36.0 Å². The van der Waals surface area contributed by atoms with Gasteiger partial charge in [0.25, 0.3) is 0 Å². The summed E-state index contributed by atoms with van der Waals surface area (Å²) >= 11 is 3.40. The van der Waals surface area contributed by atoms with Crippen molar-refractivity contribution in [2.75, 3.05) is 30.1 Å². The molecule has 0 unspecified atom stereocenters. The Bertz CT molecular complexity index is 994. The molecule has 2 aliphatic rings. The molecule has 2 saturated heterocycles. The maximum absolute atomic E-state index is 13.0. The van der Waals surface area contributed by atoms with E-state index < -0.39 is 9.84 Å². The molecular weight excluding hydrogens is 444 g/mol. The van der Waals surface area contributed by atoms with Crippen LogP contribution in [0.3, 0.4) is 0 Å². The normalized spacial score (nSPS) is 24.2. The smallest absolute Gasteiger partial charge is 0.241 e. The summed E-state index contributed by atoms with van der Waals surface area (Å²) in [6, 6.07) is 14.4. The minimum Gasteiger partial charge on any atom is -0.496 e. The third kappa shape index (κ3) is 3.68. The van der Waals surface area contributed by atoms with Crippen LogP contribution in [-0.2, 0) is 21.2 Å². The Morgan fingerprint density at radius 3 is 2.46 bits per heavy atom. The van der Waals surface area contributed by atoms with Crippen molar-refractivity contribution in [3.63, 3.8) is 0 Å². The average molecular weight is 465 g/mol. The Morgan fingerprint density at radius 1 is 1.07 bits per heavy atom. The van der Waals surface area contributed by atoms with Crippen molar-refractivity contribution in [1.29, 1.82) is 0 Å². The molecule has 28 heavy (non-hydrogen) atoms. The monoisotopic (exact) mass is 464 g/mol. The van der Waals surface area contributed by atoms with Crippen LogP contribution in [0, 0.1) is 0 Å². The number of hydrogen-bond acceptors (Lipinski definition) is 5. The van der Waals surface area contributed by atoms with Gasteiger partial charge in [0, 0.05) is 28.3 Å². The highest BCUT2D eigenvalue weighted by molar-refractivity contribution is 9.10. The number of benzene rings is 2. The molecule has 0 aliphatic carbocycles. The van der Waals surface area contributed by atoms with E-state index in [9.17, 15) is 13.2 Å². The van der Waals surface area contributed by atoms with E-state index in [1.54, 1.807) is 12.0 Å². The average Bonchev–Trinajstić information content (AvgIpc) is 2.98. The number of hydrogen-bond donors (Lipinski definition) is 0. The number of piperazine rings is 1. The fourth-order valence-electron chi connectivity index (χ4n) is 4.12. The molecule has 0 bridgehead atoms. The molecule has 6 nitrogen and oxygen atoms in total. The number of methoxy groups -OCH3 is 1. The summed E-state index contributed by atoms with van der Waals surface area (Å²) in [5.41, 5.74) is 1.68. The SMILES string of the molecule is COc1ccccc1CN1CC(=O)N(c2ccc(Br)cc2)[C@H]2CS(=O)(=O)C[C@@H]21. The number of sulfone groups is 1. The van der Waals surface area contributed by atoms with Gasteiger partial charge in [-0.25, -0.2) is 8.42 Å². The van der Waals surface area contributed by atoms with Gasteiger partial charge in [-0.1, -0.05) is 34.1 Å². The zero-order chi connectivity index (χ0) is 19.9. The van der Waals surface area contributed by atoms with Crippen LogP contribution >= 0.6 is 15.9 Å². The van der Waals surface area contributed by atoms with Gasteiger partial charge in [-0.05, 0) is 30.3 Å². The van der Waals surface area contributed by atoms with Crippen LogP contribution in [0.4, 0.5) is 5.69 Å². The summed E-state index contributed by atoms with van der Waals surface area (Å²) in [5, 5.41) is 0. The van der Waals surface area contributed by atoms with E-state index in [2.05, 4.69) is 15.9 Å². The lowest BCUT2D eigenvalue weighted by molar-refractivity contribution is -0.123. The van der Waals surface area contributed by atoms with E-state index in [1.165, 1.54) is 0 Å². The van der Waals surface area contributed by atoms with Crippen molar-refractivity contribution < 1.29 is 17.9 Å². The number of rotatable bonds is 4. The summed E-state index contributed by atoms with van der Waals surface area (Å²) < 4.78 is 31.3. The summed E-state index contributed by atoms with van der Waals surface area (Å²) in [6.45, 7) is 0.644. The highest BCUT2D eigenvalue weighted by Crippen LogP contribution is 2.33. The number of amides is 1. The van der Waals surface area contributed by atoms with Gasteiger partial charge in [-0.3, -0.25) is 9.69 Å². The fourth-order valence-corrected chi connectivity index (χ4v) is 6.37. The second-order valence-electron chi connectivity index (χ2n) is 7.17. The number of anilines is 1. The lowest BCUT2D eigenvalue weighted by Gasteiger charge is -2.43. The zero-order valence-electron chi connectivity index (χ0n) is 15.4. The molecule has 2 fully saturated rings. The minimum atomic E-state index is -3.22. The maximum atomic E-state index is 13.0. The molecule has 2 heterocycles. The molecular formula is C20H21BrN2O4S. The van der Waals surface area contributed by atoms with Crippen LogP contribution in [0.5, 0.6) is 5.75 Å². The fraction of sp³-hybridized carbons (Fsp3) is 0.350. The highest BCUT2D eigenvalue weighted by atomic mass is 79.9. The third-order valence-corrected chi connectivity index (χ3v) is 7.60. The van der Waals surface area contributed by atoms with Crippen molar-refractivity contribution in [2.45, 2.75) is 18.6 Å². The zero-order valence-corrected chi connectivity index (χ0v) is 17.8. The molecule has 2 aliphatic heterocycles. The standard InChI is InChI=1S/C20H21BrN2O4S/c1-27-19-5-3-2-4-14(19)10-22-11-20(24)23(16-8-6-15(21)7-9-16)18-13-28(25,26)12-17(18)22/h2-9,17-18H,10-13H2,1H3/t17-,18-/m0/s1. The third-order valence-electron chi connectivity index (χ3n) is 5.37. The van der Waals surface area contributed by atoms with Gasteiger partial charge in [0.05, 0.1) is 31.2 Å². The largest absolute Gasteiger partial charge is 0.496 e. The molecule has 148 valence electrons. The summed E-state index contributed by atoms with van der Waals surface area (Å²) in [6.07, 6.45) is 0. The van der Waals surface area contributed by atoms with Gasteiger partial charge in [0.2, 0.25) is 5.91 Å². The Hall–Kier alpha value is -1.90. The van der Waals surface area contributed by atoms with E-state index in [4.69, 9.17) is 4.74 Å². The first-order valence-electron chi connectivity index (χ1n) is 9.02. The Balaban J connectivity index is 1.67. The van der Waals surface area contributed by atoms with Gasteiger partial charge in [0.15, 0.2) is 9.84 Å². The molecule has 4 rings (SSSR count). The van der Waals surface area contributed by atoms with Crippen LogP contribution in [0.25, 0.3) is 0 Å². The van der Waals surface area contributed by atoms with E-state index in [0.29, 0.717) is 6.54 Å². The second-order valence-corrected chi connectivity index (χ2v) is 10.2. The Kier molecular flexibility index (Phi) is 5.20. The lowest BCUT2D eigenvalue weighted by atomic mass is 10.0. The van der Waals surface area contributed by atoms with Crippen molar-refractivity contribution in [3.05, 3.63) is 58.6 Å². The molecule has 2 aromatic carbocycles. The van der Waals surface area contributed by atoms with Gasteiger partial charge >= 0.3 is 0 Å². The Morgan fingerprint density at radius 2 is 1.75 bits per heavy atom. The first-order chi connectivity index (χ1) is 13.4. The van der Waals surface area contributed by atoms with Crippen LogP contribution in [0.1, 0.15) is 5.56 Å². The van der Waals surface area contributed by atoms with Crippen molar-refractivity contribution >= 4 is 37.4 Å². The van der Waals surface area contributed by atoms with Gasteiger partial charge in [-0.15, -0.1) is 0 Å². The molecule has 2 atom stereocenters. The number of carbonyl (C=O) groups is 1. The first kappa shape index (κ1) is 19.4. The number of fused-ring (bicyclic) bond motifs is 1. The van der Waals surface area contributed by atoms with Crippen LogP contribution < -0.4 is 9.64 Å². The topological polar surface area (TPSA) is 66.9 Å². The highest BCUT2D eigenvalue weighted by Gasteiger charge is 2.49. The molecule has 8 heteroatoms. The summed E-state index contributed by atoms with van der Waals surface area (Å²) in [5.74, 6) is 0.702. The van der Waals surface area contributed by atoms with E-state index >= 15 is 0 Å². The van der Waals surface area contributed by atoms with Crippen molar-refractivity contribution in [2.24, 2.45) is 0 Å². The predicted molar refractivity (Wildman–Crippen MR) is 111 cm³/mol. The summed E-state index contributed by atoms with van der Waals surface area (Å²) in [7, 11) is -1.61. The number of ether oxygens (including phenoxy) is 1. The maximum Gasteiger partial charge on any atom is 0.241 e. The summed E-state index contributed by atoms with van der Waals surface area (Å²) in [4.78, 5) is 16.7. The number of carbonyl (C=O) groups excluding carboxylic acids is 1. The van der Waals surface area contributed by atoms with Gasteiger partial charge in [-0.2, -0.15) is 0 Å². The van der Waals surface area contributed by atoms with Gasteiger partial charge < -0.3 is 9.64 Å². The quantitative estimate of drug-likeness (QED) is 0.694. The van der Waals surface area contributed by atoms with E-state index in [1.807, 2.05) is 53.4 Å². The molecule has 1 amide bonds. The number of halogens is 1. The van der Waals surface area contributed by atoms with Crippen molar-refractivity contribution in [1.82, 2.24) is 4.90 Å². The Labute approximate surface area is 173 Å². The van der Waals surface area contributed by atoms with Gasteiger partial charge in [0.1, 0.15) is 5.75 Å². The van der Waals surface area contributed by atoms with Crippen LogP contribution in [0.2, 0.25) is 0 Å². The first-order valence-corrected chi connectivity index (χ1v) is 11.6. The number of para-hydroxylation sites is 1. The second kappa shape index (κ2) is 7.50. The molecule has 0 radical (unpaired) electrons. The molecule has 0 aromatic heterocycles. The van der Waals surface area contributed by atoms with E-state index in [0.717, 1.165) is 21.5 Å².